The normalized spacial score (nSPS) is 20.5. The lowest BCUT2D eigenvalue weighted by molar-refractivity contribution is -0.137. The summed E-state index contributed by atoms with van der Waals surface area (Å²) in [6, 6.07) is 10.4. The van der Waals surface area contributed by atoms with E-state index in [9.17, 15) is 21.6 Å². The Bertz CT molecular complexity index is 1370. The van der Waals surface area contributed by atoms with Crippen LogP contribution in [0.2, 0.25) is 5.02 Å². The summed E-state index contributed by atoms with van der Waals surface area (Å²) < 4.78 is 66.7. The van der Waals surface area contributed by atoms with Gasteiger partial charge in [0.15, 0.2) is 0 Å². The molecule has 0 spiro atoms. The highest BCUT2D eigenvalue weighted by atomic mass is 35.5. The van der Waals surface area contributed by atoms with E-state index in [0.29, 0.717) is 29.4 Å². The first kappa shape index (κ1) is 25.1. The summed E-state index contributed by atoms with van der Waals surface area (Å²) in [6.07, 6.45) is -1.06. The molecule has 2 aliphatic rings. The van der Waals surface area contributed by atoms with Gasteiger partial charge in [-0.3, -0.25) is 9.98 Å². The Hall–Kier alpha value is -2.96. The van der Waals surface area contributed by atoms with E-state index in [1.165, 1.54) is 12.1 Å². The third kappa shape index (κ3) is 5.65. The standard InChI is InChI=1S/C22H19ClF3N5O2S2/c1-27-21(30-35(32,33)18-9-5-16(6-10-18)22(24,25)26)31-13-19(34-12-2-11-28-14-34)20(29-31)15-3-7-17(23)8-4-15/h2-12,14,19H,13H2,1H3,(H,27,30). The minimum atomic E-state index is -4.57. The van der Waals surface area contributed by atoms with E-state index in [1.807, 2.05) is 29.1 Å². The average Bonchev–Trinajstić information content (AvgIpc) is 3.28. The van der Waals surface area contributed by atoms with Crippen LogP contribution in [-0.2, 0) is 16.2 Å². The van der Waals surface area contributed by atoms with Crippen LogP contribution in [0, 0.1) is 0 Å². The van der Waals surface area contributed by atoms with E-state index in [0.717, 1.165) is 17.7 Å². The van der Waals surface area contributed by atoms with Gasteiger partial charge in [-0.05, 0) is 53.4 Å². The lowest BCUT2D eigenvalue weighted by atomic mass is 10.1. The number of nitrogens with zero attached hydrogens (tertiary/aromatic N) is 4. The van der Waals surface area contributed by atoms with Crippen LogP contribution < -0.4 is 4.72 Å². The molecule has 0 amide bonds. The number of aliphatic imine (C=N–C) groups is 2. The highest BCUT2D eigenvalue weighted by Crippen LogP contribution is 2.33. The molecular weight excluding hydrogens is 523 g/mol. The number of benzene rings is 2. The number of hydrogen-bond acceptors (Lipinski definition) is 5. The fourth-order valence-electron chi connectivity index (χ4n) is 3.39. The number of rotatable bonds is 4. The average molecular weight is 542 g/mol. The van der Waals surface area contributed by atoms with Gasteiger partial charge in [0.2, 0.25) is 5.96 Å². The lowest BCUT2D eigenvalue weighted by Gasteiger charge is -2.20. The third-order valence-electron chi connectivity index (χ3n) is 5.11. The van der Waals surface area contributed by atoms with Crippen molar-refractivity contribution in [2.75, 3.05) is 13.6 Å². The molecule has 0 aromatic heterocycles. The summed E-state index contributed by atoms with van der Waals surface area (Å²) >= 11 is 6.03. The Kier molecular flexibility index (Phi) is 7.15. The second kappa shape index (κ2) is 9.96. The van der Waals surface area contributed by atoms with Crippen LogP contribution in [0.3, 0.4) is 0 Å². The second-order valence-electron chi connectivity index (χ2n) is 7.38. The molecule has 2 aromatic rings. The van der Waals surface area contributed by atoms with E-state index in [-0.39, 0.29) is 16.1 Å². The molecule has 1 N–H and O–H groups in total. The highest BCUT2D eigenvalue weighted by Gasteiger charge is 2.34. The topological polar surface area (TPSA) is 86.5 Å². The van der Waals surface area contributed by atoms with Crippen molar-refractivity contribution in [2.24, 2.45) is 15.1 Å². The molecule has 2 atom stereocenters. The van der Waals surface area contributed by atoms with Crippen molar-refractivity contribution in [3.8, 4) is 0 Å². The number of alkyl halides is 3. The van der Waals surface area contributed by atoms with Gasteiger partial charge in [-0.1, -0.05) is 23.7 Å². The van der Waals surface area contributed by atoms with E-state index in [4.69, 9.17) is 11.6 Å². The Balaban J connectivity index is 1.63. The Morgan fingerprint density at radius 1 is 1.17 bits per heavy atom. The molecule has 0 bridgehead atoms. The monoisotopic (exact) mass is 541 g/mol. The molecule has 4 rings (SSSR count). The summed E-state index contributed by atoms with van der Waals surface area (Å²) in [5, 5.41) is 8.50. The lowest BCUT2D eigenvalue weighted by Crippen LogP contribution is -2.41. The molecule has 2 unspecified atom stereocenters. The number of sulfonamides is 1. The molecule has 2 aliphatic heterocycles. The van der Waals surface area contributed by atoms with Gasteiger partial charge in [0.1, 0.15) is 0 Å². The van der Waals surface area contributed by atoms with Gasteiger partial charge in [-0.15, -0.1) is 10.5 Å². The van der Waals surface area contributed by atoms with E-state index >= 15 is 0 Å². The molecule has 13 heteroatoms. The zero-order chi connectivity index (χ0) is 25.2. The molecule has 0 radical (unpaired) electrons. The zero-order valence-electron chi connectivity index (χ0n) is 18.1. The molecule has 0 fully saturated rings. The number of guanidine groups is 1. The Morgan fingerprint density at radius 2 is 1.86 bits per heavy atom. The predicted octanol–water partition coefficient (Wildman–Crippen LogP) is 4.34. The number of nitrogens with one attached hydrogen (secondary N) is 1. The molecule has 2 heterocycles. The van der Waals surface area contributed by atoms with Crippen molar-refractivity contribution in [1.29, 1.82) is 0 Å². The van der Waals surface area contributed by atoms with Gasteiger partial charge < -0.3 is 0 Å². The maximum absolute atomic E-state index is 12.9. The van der Waals surface area contributed by atoms with Crippen LogP contribution in [0.15, 0.2) is 80.0 Å². The first-order chi connectivity index (χ1) is 16.6. The van der Waals surface area contributed by atoms with Crippen LogP contribution in [0.4, 0.5) is 13.2 Å². The van der Waals surface area contributed by atoms with Crippen molar-refractivity contribution in [3.05, 3.63) is 76.2 Å². The zero-order valence-corrected chi connectivity index (χ0v) is 20.5. The summed E-state index contributed by atoms with van der Waals surface area (Å²) in [7, 11) is -3.24. The van der Waals surface area contributed by atoms with Crippen molar-refractivity contribution >= 4 is 55.5 Å². The van der Waals surface area contributed by atoms with Crippen LogP contribution in [0.25, 0.3) is 0 Å². The first-order valence-corrected chi connectivity index (χ1v) is 13.4. The quantitative estimate of drug-likeness (QED) is 0.355. The summed E-state index contributed by atoms with van der Waals surface area (Å²) in [5.74, 6) is -0.0630. The van der Waals surface area contributed by atoms with Crippen molar-refractivity contribution < 1.29 is 21.6 Å². The first-order valence-electron chi connectivity index (χ1n) is 10.1. The number of hydrogen-bond donors (Lipinski definition) is 1. The van der Waals surface area contributed by atoms with Crippen molar-refractivity contribution in [1.82, 2.24) is 9.73 Å². The molecule has 7 nitrogen and oxygen atoms in total. The third-order valence-corrected chi connectivity index (χ3v) is 8.57. The van der Waals surface area contributed by atoms with Gasteiger partial charge >= 0.3 is 6.18 Å². The van der Waals surface area contributed by atoms with Crippen LogP contribution >= 0.6 is 22.1 Å². The van der Waals surface area contributed by atoms with Crippen LogP contribution in [0.5, 0.6) is 0 Å². The molecule has 2 aromatic carbocycles. The minimum absolute atomic E-state index is 0.0630. The van der Waals surface area contributed by atoms with Crippen molar-refractivity contribution in [2.45, 2.75) is 16.3 Å². The van der Waals surface area contributed by atoms with Gasteiger partial charge in [0.05, 0.1) is 33.5 Å². The van der Waals surface area contributed by atoms with Gasteiger partial charge in [0.25, 0.3) is 10.0 Å². The Labute approximate surface area is 207 Å². The fourth-order valence-corrected chi connectivity index (χ4v) is 6.19. The molecule has 0 aliphatic carbocycles. The second-order valence-corrected chi connectivity index (χ2v) is 11.4. The molecule has 0 saturated carbocycles. The number of halogens is 4. The molecule has 35 heavy (non-hydrogen) atoms. The molecule has 184 valence electrons. The van der Waals surface area contributed by atoms with Gasteiger partial charge in [-0.2, -0.15) is 18.3 Å². The minimum Gasteiger partial charge on any atom is -0.258 e. The SMILES string of the molecule is CN=C(NS(=O)(=O)c1ccc(C(F)(F)F)cc1)N1CC(S2=CN=CC=C2)C(c2ccc(Cl)cc2)=N1. The maximum Gasteiger partial charge on any atom is 0.416 e. The van der Waals surface area contributed by atoms with E-state index < -0.39 is 32.2 Å². The number of hydrazone groups is 1. The van der Waals surface area contributed by atoms with E-state index in [2.05, 4.69) is 19.8 Å². The largest absolute Gasteiger partial charge is 0.416 e. The molecular formula is C22H19ClF3N5O2S2. The summed E-state index contributed by atoms with van der Waals surface area (Å²) in [4.78, 5) is 7.94. The number of allylic oxidation sites excluding steroid dienone is 1. The van der Waals surface area contributed by atoms with Crippen LogP contribution in [0.1, 0.15) is 11.1 Å². The van der Waals surface area contributed by atoms with Gasteiger partial charge in [0, 0.05) is 18.3 Å². The smallest absolute Gasteiger partial charge is 0.258 e. The van der Waals surface area contributed by atoms with E-state index in [1.54, 1.807) is 18.3 Å². The fraction of sp³-hybridized carbons (Fsp3) is 0.182. The molecule has 0 saturated heterocycles. The highest BCUT2D eigenvalue weighted by molar-refractivity contribution is 8.18. The van der Waals surface area contributed by atoms with Crippen molar-refractivity contribution in [3.63, 3.8) is 0 Å². The summed E-state index contributed by atoms with van der Waals surface area (Å²) in [6.45, 7) is 0.305. The maximum atomic E-state index is 12.9. The van der Waals surface area contributed by atoms with Gasteiger partial charge in [-0.25, -0.2) is 18.1 Å². The Morgan fingerprint density at radius 3 is 2.43 bits per heavy atom. The predicted molar refractivity (Wildman–Crippen MR) is 135 cm³/mol. The van der Waals surface area contributed by atoms with Crippen LogP contribution in [-0.4, -0.2) is 55.6 Å². The summed E-state index contributed by atoms with van der Waals surface area (Å²) in [5.41, 5.74) is 2.39.